The van der Waals surface area contributed by atoms with Crippen molar-refractivity contribution in [1.29, 1.82) is 0 Å². The summed E-state index contributed by atoms with van der Waals surface area (Å²) in [7, 11) is 0. The van der Waals surface area contributed by atoms with E-state index < -0.39 is 0 Å². The third-order valence-corrected chi connectivity index (χ3v) is 5.43. The number of phenolic OH excluding ortho intramolecular Hbond substituents is 1. The van der Waals surface area contributed by atoms with E-state index in [1.807, 2.05) is 0 Å². The summed E-state index contributed by atoms with van der Waals surface area (Å²) >= 11 is 0. The highest BCUT2D eigenvalue weighted by molar-refractivity contribution is 5.92. The molecular weight excluding hydrogens is 276 g/mol. The number of hydrogen-bond acceptors (Lipinski definition) is 3. The van der Waals surface area contributed by atoms with Gasteiger partial charge in [0.05, 0.1) is 0 Å². The molecule has 0 spiro atoms. The fraction of sp³-hybridized carbons (Fsp3) is 0.632. The molecule has 2 fully saturated rings. The molecule has 2 saturated carbocycles. The van der Waals surface area contributed by atoms with E-state index in [0.717, 1.165) is 24.7 Å². The summed E-state index contributed by atoms with van der Waals surface area (Å²) in [4.78, 5) is 12.1. The van der Waals surface area contributed by atoms with Gasteiger partial charge in [-0.05, 0) is 49.7 Å². The Bertz CT molecular complexity index is 497. The molecule has 2 aliphatic carbocycles. The maximum Gasteiger partial charge on any atom is 0.342 e. The van der Waals surface area contributed by atoms with Gasteiger partial charge < -0.3 is 9.84 Å². The Morgan fingerprint density at radius 3 is 2.23 bits per heavy atom. The van der Waals surface area contributed by atoms with Crippen molar-refractivity contribution in [3.05, 3.63) is 29.8 Å². The molecule has 0 aliphatic heterocycles. The molecule has 1 aromatic carbocycles. The van der Waals surface area contributed by atoms with Crippen molar-refractivity contribution < 1.29 is 14.6 Å². The van der Waals surface area contributed by atoms with Crippen LogP contribution in [0.1, 0.15) is 68.1 Å². The maximum atomic E-state index is 12.1. The van der Waals surface area contributed by atoms with E-state index in [9.17, 15) is 9.90 Å². The van der Waals surface area contributed by atoms with Crippen LogP contribution in [0.2, 0.25) is 0 Å². The third-order valence-electron chi connectivity index (χ3n) is 5.43. The van der Waals surface area contributed by atoms with Crippen molar-refractivity contribution >= 4 is 5.97 Å². The lowest BCUT2D eigenvalue weighted by atomic mass is 9.73. The average molecular weight is 302 g/mol. The second kappa shape index (κ2) is 7.17. The summed E-state index contributed by atoms with van der Waals surface area (Å²) in [5.74, 6) is 1.35. The highest BCUT2D eigenvalue weighted by atomic mass is 16.5. The SMILES string of the molecule is O=C(OC1CCC(C2CCCCC2)CC1)c1ccccc1O. The van der Waals surface area contributed by atoms with Crippen molar-refractivity contribution in [2.75, 3.05) is 0 Å². The number of aromatic hydroxyl groups is 1. The Morgan fingerprint density at radius 2 is 1.55 bits per heavy atom. The van der Waals surface area contributed by atoms with Gasteiger partial charge in [-0.15, -0.1) is 0 Å². The Balaban J connectivity index is 1.49. The summed E-state index contributed by atoms with van der Waals surface area (Å²) in [5.41, 5.74) is 0.275. The summed E-state index contributed by atoms with van der Waals surface area (Å²) in [5, 5.41) is 9.72. The van der Waals surface area contributed by atoms with Gasteiger partial charge in [0, 0.05) is 0 Å². The minimum absolute atomic E-state index is 0.00314. The van der Waals surface area contributed by atoms with Crippen LogP contribution in [0.15, 0.2) is 24.3 Å². The van der Waals surface area contributed by atoms with E-state index in [1.165, 1.54) is 51.0 Å². The number of para-hydroxylation sites is 1. The lowest BCUT2D eigenvalue weighted by molar-refractivity contribution is 0.0115. The molecule has 0 radical (unpaired) electrons. The molecule has 3 rings (SSSR count). The average Bonchev–Trinajstić information content (AvgIpc) is 2.57. The van der Waals surface area contributed by atoms with Crippen molar-refractivity contribution in [3.63, 3.8) is 0 Å². The van der Waals surface area contributed by atoms with Gasteiger partial charge in [-0.1, -0.05) is 44.2 Å². The van der Waals surface area contributed by atoms with Crippen LogP contribution in [0.3, 0.4) is 0 Å². The topological polar surface area (TPSA) is 46.5 Å². The molecule has 22 heavy (non-hydrogen) atoms. The van der Waals surface area contributed by atoms with Crippen LogP contribution in [-0.4, -0.2) is 17.2 Å². The molecule has 120 valence electrons. The first-order valence-corrected chi connectivity index (χ1v) is 8.73. The first-order valence-electron chi connectivity index (χ1n) is 8.73. The van der Waals surface area contributed by atoms with Gasteiger partial charge in [-0.25, -0.2) is 4.79 Å². The molecule has 0 heterocycles. The fourth-order valence-electron chi connectivity index (χ4n) is 4.14. The minimum Gasteiger partial charge on any atom is -0.507 e. The molecule has 1 aromatic rings. The number of rotatable bonds is 3. The number of esters is 1. The first kappa shape index (κ1) is 15.4. The van der Waals surface area contributed by atoms with Gasteiger partial charge in [0.1, 0.15) is 17.4 Å². The largest absolute Gasteiger partial charge is 0.507 e. The fourth-order valence-corrected chi connectivity index (χ4v) is 4.14. The van der Waals surface area contributed by atoms with Gasteiger partial charge in [0.25, 0.3) is 0 Å². The zero-order valence-corrected chi connectivity index (χ0v) is 13.2. The Morgan fingerprint density at radius 1 is 0.909 bits per heavy atom. The Hall–Kier alpha value is -1.51. The molecule has 0 unspecified atom stereocenters. The lowest BCUT2D eigenvalue weighted by Gasteiger charge is -2.35. The van der Waals surface area contributed by atoms with Crippen LogP contribution in [-0.2, 0) is 4.74 Å². The smallest absolute Gasteiger partial charge is 0.342 e. The molecule has 3 heteroatoms. The van der Waals surface area contributed by atoms with Gasteiger partial charge in [-0.2, -0.15) is 0 Å². The van der Waals surface area contributed by atoms with Crippen LogP contribution in [0.5, 0.6) is 5.75 Å². The quantitative estimate of drug-likeness (QED) is 0.824. The summed E-state index contributed by atoms with van der Waals surface area (Å²) in [6.07, 6.45) is 11.3. The second-order valence-electron chi connectivity index (χ2n) is 6.86. The second-order valence-corrected chi connectivity index (χ2v) is 6.86. The normalized spacial score (nSPS) is 26.5. The van der Waals surface area contributed by atoms with Gasteiger partial charge in [0.2, 0.25) is 0 Å². The van der Waals surface area contributed by atoms with E-state index in [1.54, 1.807) is 18.2 Å². The summed E-state index contributed by atoms with van der Waals surface area (Å²) in [6, 6.07) is 6.60. The van der Waals surface area contributed by atoms with Crippen LogP contribution in [0.4, 0.5) is 0 Å². The number of ether oxygens (including phenoxy) is 1. The van der Waals surface area contributed by atoms with Crippen LogP contribution < -0.4 is 0 Å². The first-order chi connectivity index (χ1) is 10.7. The lowest BCUT2D eigenvalue weighted by Crippen LogP contribution is -2.28. The van der Waals surface area contributed by atoms with Crippen LogP contribution in [0.25, 0.3) is 0 Å². The Kier molecular flexibility index (Phi) is 5.01. The standard InChI is InChI=1S/C19H26O3/c20-18-9-5-4-8-17(18)19(21)22-16-12-10-15(11-13-16)14-6-2-1-3-7-14/h4-5,8-9,14-16,20H,1-3,6-7,10-13H2. The van der Waals surface area contributed by atoms with E-state index >= 15 is 0 Å². The highest BCUT2D eigenvalue weighted by Gasteiger charge is 2.30. The Labute approximate surface area is 132 Å². The molecule has 0 saturated heterocycles. The van der Waals surface area contributed by atoms with E-state index in [0.29, 0.717) is 0 Å². The number of phenols is 1. The molecule has 0 amide bonds. The minimum atomic E-state index is -0.390. The van der Waals surface area contributed by atoms with Crippen molar-refractivity contribution in [2.45, 2.75) is 63.9 Å². The molecule has 1 N–H and O–H groups in total. The molecule has 3 nitrogen and oxygen atoms in total. The van der Waals surface area contributed by atoms with Crippen molar-refractivity contribution in [1.82, 2.24) is 0 Å². The maximum absolute atomic E-state index is 12.1. The molecule has 0 aromatic heterocycles. The van der Waals surface area contributed by atoms with E-state index in [4.69, 9.17) is 4.74 Å². The molecule has 2 aliphatic rings. The van der Waals surface area contributed by atoms with Crippen molar-refractivity contribution in [2.24, 2.45) is 11.8 Å². The van der Waals surface area contributed by atoms with Crippen LogP contribution >= 0.6 is 0 Å². The van der Waals surface area contributed by atoms with E-state index in [-0.39, 0.29) is 23.4 Å². The number of carbonyl (C=O) groups excluding carboxylic acids is 1. The van der Waals surface area contributed by atoms with Gasteiger partial charge in [0.15, 0.2) is 0 Å². The van der Waals surface area contributed by atoms with E-state index in [2.05, 4.69) is 0 Å². The molecule has 0 atom stereocenters. The molecule has 0 bridgehead atoms. The number of hydrogen-bond donors (Lipinski definition) is 1. The predicted octanol–water partition coefficient (Wildman–Crippen LogP) is 4.69. The summed E-state index contributed by atoms with van der Waals surface area (Å²) in [6.45, 7) is 0. The van der Waals surface area contributed by atoms with Crippen LogP contribution in [0, 0.1) is 11.8 Å². The number of carbonyl (C=O) groups is 1. The zero-order valence-electron chi connectivity index (χ0n) is 13.2. The highest BCUT2D eigenvalue weighted by Crippen LogP contribution is 2.39. The number of benzene rings is 1. The van der Waals surface area contributed by atoms with Gasteiger partial charge in [-0.3, -0.25) is 0 Å². The summed E-state index contributed by atoms with van der Waals surface area (Å²) < 4.78 is 5.59. The van der Waals surface area contributed by atoms with Crippen molar-refractivity contribution in [3.8, 4) is 5.75 Å². The molecular formula is C19H26O3. The monoisotopic (exact) mass is 302 g/mol. The predicted molar refractivity (Wildman–Crippen MR) is 85.8 cm³/mol. The zero-order chi connectivity index (χ0) is 15.4. The van der Waals surface area contributed by atoms with Gasteiger partial charge >= 0.3 is 5.97 Å². The third kappa shape index (κ3) is 3.63.